The Hall–Kier alpha value is -2.08. The van der Waals surface area contributed by atoms with Gasteiger partial charge >= 0.3 is 0 Å². The monoisotopic (exact) mass is 284 g/mol. The van der Waals surface area contributed by atoms with Crippen molar-refractivity contribution in [2.75, 3.05) is 0 Å². The van der Waals surface area contributed by atoms with E-state index in [1.54, 1.807) is 11.1 Å². The highest BCUT2D eigenvalue weighted by molar-refractivity contribution is 5.81. The molecule has 0 N–H and O–H groups in total. The zero-order valence-electron chi connectivity index (χ0n) is 12.9. The quantitative estimate of drug-likeness (QED) is 0.606. The van der Waals surface area contributed by atoms with E-state index >= 15 is 0 Å². The number of benzene rings is 2. The first kappa shape index (κ1) is 12.5. The highest BCUT2D eigenvalue weighted by atomic mass is 14.5. The van der Waals surface area contributed by atoms with Gasteiger partial charge in [-0.2, -0.15) is 0 Å². The molecule has 0 heteroatoms. The zero-order chi connectivity index (χ0) is 14.7. The topological polar surface area (TPSA) is 0 Å². The lowest BCUT2D eigenvalue weighted by atomic mass is 9.75. The highest BCUT2D eigenvalue weighted by Crippen LogP contribution is 2.60. The van der Waals surface area contributed by atoms with Crippen molar-refractivity contribution in [1.82, 2.24) is 0 Å². The van der Waals surface area contributed by atoms with Crippen molar-refractivity contribution in [1.29, 1.82) is 0 Å². The third-order valence-electron chi connectivity index (χ3n) is 5.97. The molecule has 3 aliphatic rings. The predicted octanol–water partition coefficient (Wildman–Crippen LogP) is 5.41. The molecule has 2 atom stereocenters. The molecule has 5 rings (SSSR count). The molecule has 0 saturated heterocycles. The molecule has 3 aliphatic carbocycles. The Bertz CT molecular complexity index is 802. The third kappa shape index (κ3) is 1.48. The minimum atomic E-state index is 0.228. The van der Waals surface area contributed by atoms with Crippen LogP contribution >= 0.6 is 0 Å². The Labute approximate surface area is 132 Å². The first-order valence-corrected chi connectivity index (χ1v) is 8.34. The lowest BCUT2D eigenvalue weighted by molar-refractivity contribution is 0.530. The van der Waals surface area contributed by atoms with Crippen LogP contribution < -0.4 is 0 Å². The van der Waals surface area contributed by atoms with Crippen molar-refractivity contribution in [3.8, 4) is 11.1 Å². The summed E-state index contributed by atoms with van der Waals surface area (Å²) in [5, 5.41) is 0. The highest BCUT2D eigenvalue weighted by Gasteiger charge is 2.50. The summed E-state index contributed by atoms with van der Waals surface area (Å²) in [4.78, 5) is 0. The second-order valence-corrected chi connectivity index (χ2v) is 7.18. The second kappa shape index (κ2) is 4.23. The summed E-state index contributed by atoms with van der Waals surface area (Å²) in [5.41, 5.74) is 7.67. The molecule has 0 aromatic heterocycles. The van der Waals surface area contributed by atoms with Crippen LogP contribution in [0.4, 0.5) is 0 Å². The van der Waals surface area contributed by atoms with E-state index in [-0.39, 0.29) is 5.41 Å². The van der Waals surface area contributed by atoms with Crippen molar-refractivity contribution in [3.05, 3.63) is 83.5 Å². The lowest BCUT2D eigenvalue weighted by Gasteiger charge is -2.27. The van der Waals surface area contributed by atoms with Crippen molar-refractivity contribution < 1.29 is 0 Å². The third-order valence-corrected chi connectivity index (χ3v) is 5.97. The zero-order valence-corrected chi connectivity index (χ0v) is 12.9. The van der Waals surface area contributed by atoms with E-state index < -0.39 is 0 Å². The summed E-state index contributed by atoms with van der Waals surface area (Å²) in [6, 6.07) is 16.1. The van der Waals surface area contributed by atoms with Crippen LogP contribution in [0.2, 0.25) is 0 Å². The molecule has 0 aliphatic heterocycles. The second-order valence-electron chi connectivity index (χ2n) is 7.18. The molecule has 0 amide bonds. The van der Waals surface area contributed by atoms with Gasteiger partial charge < -0.3 is 0 Å². The van der Waals surface area contributed by atoms with Crippen LogP contribution in [0.15, 0.2) is 66.8 Å². The maximum absolute atomic E-state index is 2.44. The smallest absolute Gasteiger partial charge is 0.0226 e. The molecule has 2 aromatic rings. The number of fused-ring (bicyclic) bond motifs is 6. The fourth-order valence-corrected chi connectivity index (χ4v) is 5.04. The number of allylic oxidation sites excluding steroid dienone is 4. The average molecular weight is 284 g/mol. The fourth-order valence-electron chi connectivity index (χ4n) is 5.04. The van der Waals surface area contributed by atoms with Gasteiger partial charge in [-0.3, -0.25) is 0 Å². The van der Waals surface area contributed by atoms with Crippen LogP contribution in [0, 0.1) is 18.8 Å². The van der Waals surface area contributed by atoms with Gasteiger partial charge in [0.1, 0.15) is 0 Å². The van der Waals surface area contributed by atoms with Gasteiger partial charge in [-0.05, 0) is 53.9 Å². The van der Waals surface area contributed by atoms with Gasteiger partial charge in [-0.25, -0.2) is 0 Å². The number of aryl methyl sites for hydroxylation is 1. The predicted molar refractivity (Wildman–Crippen MR) is 91.9 cm³/mol. The normalized spacial score (nSPS) is 30.4. The number of hydrogen-bond donors (Lipinski definition) is 0. The molecule has 108 valence electrons. The van der Waals surface area contributed by atoms with Gasteiger partial charge in [0, 0.05) is 5.41 Å². The molecular weight excluding hydrogens is 264 g/mol. The van der Waals surface area contributed by atoms with Crippen LogP contribution in [0.1, 0.15) is 29.5 Å². The first-order chi connectivity index (χ1) is 10.8. The first-order valence-electron chi connectivity index (χ1n) is 8.34. The summed E-state index contributed by atoms with van der Waals surface area (Å²) in [7, 11) is 0. The van der Waals surface area contributed by atoms with Gasteiger partial charge in [0.05, 0.1) is 0 Å². The van der Waals surface area contributed by atoms with Crippen molar-refractivity contribution in [2.45, 2.75) is 25.2 Å². The Morgan fingerprint density at radius 2 is 1.50 bits per heavy atom. The van der Waals surface area contributed by atoms with E-state index in [1.165, 1.54) is 29.5 Å². The Kier molecular flexibility index (Phi) is 2.39. The van der Waals surface area contributed by atoms with E-state index in [9.17, 15) is 0 Å². The molecular formula is C22H20. The summed E-state index contributed by atoms with van der Waals surface area (Å²) in [6.07, 6.45) is 11.8. The van der Waals surface area contributed by atoms with Crippen molar-refractivity contribution >= 4 is 0 Å². The fraction of sp³-hybridized carbons (Fsp3) is 0.273. The molecule has 0 radical (unpaired) electrons. The molecule has 2 unspecified atom stereocenters. The SMILES string of the molecule is Cc1ccc2c(c1)C1(CC3C=CC=CC3C1)c1ccccc1-2. The van der Waals surface area contributed by atoms with Crippen LogP contribution in [0.3, 0.4) is 0 Å². The largest absolute Gasteiger partial charge is 0.0808 e. The van der Waals surface area contributed by atoms with Crippen LogP contribution in [0.25, 0.3) is 11.1 Å². The summed E-state index contributed by atoms with van der Waals surface area (Å²) in [6.45, 7) is 2.22. The molecule has 2 aromatic carbocycles. The van der Waals surface area contributed by atoms with Gasteiger partial charge in [-0.1, -0.05) is 72.3 Å². The van der Waals surface area contributed by atoms with E-state index in [1.807, 2.05) is 0 Å². The van der Waals surface area contributed by atoms with E-state index in [0.717, 1.165) is 0 Å². The van der Waals surface area contributed by atoms with E-state index in [0.29, 0.717) is 11.8 Å². The summed E-state index contributed by atoms with van der Waals surface area (Å²) < 4.78 is 0. The van der Waals surface area contributed by atoms with Gasteiger partial charge in [0.25, 0.3) is 0 Å². The minimum absolute atomic E-state index is 0.228. The Morgan fingerprint density at radius 3 is 2.27 bits per heavy atom. The molecule has 0 heterocycles. The standard InChI is InChI=1S/C22H20/c1-15-10-11-19-18-8-4-5-9-20(18)22(21(19)12-15)13-16-6-2-3-7-17(16)14-22/h2-12,16-17H,13-14H2,1H3. The van der Waals surface area contributed by atoms with Gasteiger partial charge in [0.2, 0.25) is 0 Å². The molecule has 1 fully saturated rings. The molecule has 22 heavy (non-hydrogen) atoms. The molecule has 0 nitrogen and oxygen atoms in total. The maximum atomic E-state index is 2.44. The van der Waals surface area contributed by atoms with E-state index in [2.05, 4.69) is 73.7 Å². The minimum Gasteiger partial charge on any atom is -0.0808 e. The Balaban J connectivity index is 1.78. The Morgan fingerprint density at radius 1 is 0.818 bits per heavy atom. The number of hydrogen-bond acceptors (Lipinski definition) is 0. The molecule has 1 spiro atoms. The van der Waals surface area contributed by atoms with Crippen LogP contribution in [-0.2, 0) is 5.41 Å². The summed E-state index contributed by atoms with van der Waals surface area (Å²) >= 11 is 0. The molecule has 0 bridgehead atoms. The lowest BCUT2D eigenvalue weighted by Crippen LogP contribution is -2.21. The average Bonchev–Trinajstić information content (AvgIpc) is 3.06. The molecule has 1 saturated carbocycles. The van der Waals surface area contributed by atoms with Gasteiger partial charge in [0.15, 0.2) is 0 Å². The summed E-state index contributed by atoms with van der Waals surface area (Å²) in [5.74, 6) is 1.40. The van der Waals surface area contributed by atoms with Crippen molar-refractivity contribution in [3.63, 3.8) is 0 Å². The van der Waals surface area contributed by atoms with Crippen LogP contribution in [-0.4, -0.2) is 0 Å². The van der Waals surface area contributed by atoms with Crippen LogP contribution in [0.5, 0.6) is 0 Å². The van der Waals surface area contributed by atoms with Gasteiger partial charge in [-0.15, -0.1) is 0 Å². The maximum Gasteiger partial charge on any atom is 0.0226 e. The number of rotatable bonds is 0. The van der Waals surface area contributed by atoms with E-state index in [4.69, 9.17) is 0 Å². The van der Waals surface area contributed by atoms with Crippen molar-refractivity contribution in [2.24, 2.45) is 11.8 Å².